The maximum atomic E-state index is 12.5. The molecule has 0 amide bonds. The average Bonchev–Trinajstić information content (AvgIpc) is 2.96. The number of hydrogen-bond donors (Lipinski definition) is 1. The van der Waals surface area contributed by atoms with Crippen molar-refractivity contribution in [3.05, 3.63) is 41.8 Å². The van der Waals surface area contributed by atoms with Crippen LogP contribution in [0, 0.1) is 6.92 Å². The van der Waals surface area contributed by atoms with Gasteiger partial charge >= 0.3 is 0 Å². The zero-order valence-corrected chi connectivity index (χ0v) is 16.1. The summed E-state index contributed by atoms with van der Waals surface area (Å²) < 4.78 is 40.4. The van der Waals surface area contributed by atoms with Crippen molar-refractivity contribution in [2.45, 2.75) is 39.4 Å². The molecule has 0 radical (unpaired) electrons. The summed E-state index contributed by atoms with van der Waals surface area (Å²) in [5.74, 6) is 1.26. The fourth-order valence-corrected chi connectivity index (χ4v) is 4.44. The summed E-state index contributed by atoms with van der Waals surface area (Å²) in [5.41, 5.74) is 1.66. The number of rotatable bonds is 6. The molecule has 0 aliphatic carbocycles. The van der Waals surface area contributed by atoms with Crippen LogP contribution in [0.15, 0.2) is 34.7 Å². The Morgan fingerprint density at radius 1 is 1.19 bits per heavy atom. The number of hydrogen-bond acceptors (Lipinski definition) is 5. The molecule has 2 atom stereocenters. The third-order valence-corrected chi connectivity index (χ3v) is 5.83. The van der Waals surface area contributed by atoms with Crippen LogP contribution in [0.25, 0.3) is 11.5 Å². The number of aryl methyl sites for hydroxylation is 1. The lowest BCUT2D eigenvalue weighted by Gasteiger charge is -2.34. The van der Waals surface area contributed by atoms with Crippen molar-refractivity contribution >= 4 is 10.2 Å². The van der Waals surface area contributed by atoms with Crippen molar-refractivity contribution in [1.29, 1.82) is 0 Å². The van der Waals surface area contributed by atoms with Gasteiger partial charge in [0, 0.05) is 31.6 Å². The van der Waals surface area contributed by atoms with E-state index in [-0.39, 0.29) is 18.8 Å². The molecule has 2 aromatic rings. The normalized spacial score (nSPS) is 21.8. The molecule has 2 unspecified atom stereocenters. The zero-order chi connectivity index (χ0) is 18.7. The summed E-state index contributed by atoms with van der Waals surface area (Å²) in [6, 6.07) is 9.64. The number of nitrogens with zero attached hydrogens (tertiary/aromatic N) is 2. The summed E-state index contributed by atoms with van der Waals surface area (Å²) in [6.45, 7) is 6.59. The quantitative estimate of drug-likeness (QED) is 0.831. The van der Waals surface area contributed by atoms with Crippen molar-refractivity contribution in [1.82, 2.24) is 14.0 Å². The van der Waals surface area contributed by atoms with Crippen LogP contribution in [0.3, 0.4) is 0 Å². The first kappa shape index (κ1) is 19.0. The van der Waals surface area contributed by atoms with Crippen molar-refractivity contribution in [2.24, 2.45) is 0 Å². The van der Waals surface area contributed by atoms with E-state index in [4.69, 9.17) is 9.15 Å². The molecular weight excluding hydrogens is 354 g/mol. The number of nitrogens with one attached hydrogen (secondary N) is 1. The van der Waals surface area contributed by atoms with E-state index in [9.17, 15) is 8.42 Å². The second kappa shape index (κ2) is 7.87. The number of morpholine rings is 1. The third kappa shape index (κ3) is 4.50. The standard InChI is InChI=1S/C18H25N3O4S/c1-13-11-21(12-14(2)24-13)26(22,23)19-10-9-17-15(3)25-18(20-17)16-7-5-4-6-8-16/h4-8,13-14,19H,9-12H2,1-3H3. The summed E-state index contributed by atoms with van der Waals surface area (Å²) in [6.07, 6.45) is 0.250. The summed E-state index contributed by atoms with van der Waals surface area (Å²) in [5, 5.41) is 0. The molecule has 0 bridgehead atoms. The topological polar surface area (TPSA) is 84.7 Å². The lowest BCUT2D eigenvalue weighted by molar-refractivity contribution is -0.0443. The first-order valence-electron chi connectivity index (χ1n) is 8.77. The Morgan fingerprint density at radius 3 is 2.50 bits per heavy atom. The Balaban J connectivity index is 1.60. The fourth-order valence-electron chi connectivity index (χ4n) is 3.08. The molecule has 1 aromatic heterocycles. The van der Waals surface area contributed by atoms with Crippen molar-refractivity contribution in [2.75, 3.05) is 19.6 Å². The van der Waals surface area contributed by atoms with Gasteiger partial charge < -0.3 is 9.15 Å². The van der Waals surface area contributed by atoms with Crippen LogP contribution in [-0.2, 0) is 21.4 Å². The lowest BCUT2D eigenvalue weighted by atomic mass is 10.2. The van der Waals surface area contributed by atoms with E-state index in [1.54, 1.807) is 0 Å². The molecule has 0 spiro atoms. The van der Waals surface area contributed by atoms with E-state index in [1.165, 1.54) is 4.31 Å². The minimum Gasteiger partial charge on any atom is -0.441 e. The molecule has 1 aromatic carbocycles. The Morgan fingerprint density at radius 2 is 1.85 bits per heavy atom. The van der Waals surface area contributed by atoms with Gasteiger partial charge in [-0.15, -0.1) is 0 Å². The Kier molecular flexibility index (Phi) is 5.76. The van der Waals surface area contributed by atoms with Gasteiger partial charge in [-0.05, 0) is 32.9 Å². The van der Waals surface area contributed by atoms with E-state index in [1.807, 2.05) is 51.1 Å². The molecule has 142 valence electrons. The summed E-state index contributed by atoms with van der Waals surface area (Å²) in [7, 11) is -3.53. The Hall–Kier alpha value is -1.74. The van der Waals surface area contributed by atoms with Gasteiger partial charge in [0.05, 0.1) is 17.9 Å². The minimum absolute atomic E-state index is 0.110. The molecule has 3 rings (SSSR count). The van der Waals surface area contributed by atoms with Gasteiger partial charge in [0.1, 0.15) is 5.76 Å². The summed E-state index contributed by atoms with van der Waals surface area (Å²) >= 11 is 0. The van der Waals surface area contributed by atoms with E-state index >= 15 is 0 Å². The van der Waals surface area contributed by atoms with Crippen molar-refractivity contribution in [3.63, 3.8) is 0 Å². The second-order valence-electron chi connectivity index (χ2n) is 6.61. The van der Waals surface area contributed by atoms with Crippen molar-refractivity contribution < 1.29 is 17.6 Å². The maximum absolute atomic E-state index is 12.5. The van der Waals surface area contributed by atoms with Crippen molar-refractivity contribution in [3.8, 4) is 11.5 Å². The maximum Gasteiger partial charge on any atom is 0.279 e. The molecule has 1 aliphatic rings. The molecule has 1 fully saturated rings. The van der Waals surface area contributed by atoms with Crippen LogP contribution >= 0.6 is 0 Å². The smallest absolute Gasteiger partial charge is 0.279 e. The monoisotopic (exact) mass is 379 g/mol. The Bertz CT molecular complexity index is 825. The van der Waals surface area contributed by atoms with Crippen LogP contribution in [0.1, 0.15) is 25.3 Å². The van der Waals surface area contributed by atoms with E-state index in [0.717, 1.165) is 11.3 Å². The highest BCUT2D eigenvalue weighted by molar-refractivity contribution is 7.87. The molecule has 7 nitrogen and oxygen atoms in total. The third-order valence-electron chi connectivity index (χ3n) is 4.29. The molecule has 1 saturated heterocycles. The van der Waals surface area contributed by atoms with Crippen LogP contribution in [-0.4, -0.2) is 49.5 Å². The number of aromatic nitrogens is 1. The summed E-state index contributed by atoms with van der Waals surface area (Å²) in [4.78, 5) is 4.50. The van der Waals surface area contributed by atoms with Crippen LogP contribution in [0.5, 0.6) is 0 Å². The minimum atomic E-state index is -3.53. The highest BCUT2D eigenvalue weighted by Crippen LogP contribution is 2.21. The number of ether oxygens (including phenoxy) is 1. The highest BCUT2D eigenvalue weighted by atomic mass is 32.2. The first-order chi connectivity index (χ1) is 12.3. The van der Waals surface area contributed by atoms with Gasteiger partial charge in [-0.3, -0.25) is 0 Å². The van der Waals surface area contributed by atoms with Gasteiger partial charge in [-0.25, -0.2) is 9.71 Å². The number of benzene rings is 1. The first-order valence-corrected chi connectivity index (χ1v) is 10.2. The largest absolute Gasteiger partial charge is 0.441 e. The second-order valence-corrected chi connectivity index (χ2v) is 8.37. The van der Waals surface area contributed by atoms with Gasteiger partial charge in [-0.2, -0.15) is 12.7 Å². The molecule has 2 heterocycles. The molecule has 26 heavy (non-hydrogen) atoms. The van der Waals surface area contributed by atoms with Gasteiger partial charge in [0.15, 0.2) is 0 Å². The average molecular weight is 379 g/mol. The Labute approximate surface area is 154 Å². The molecule has 0 saturated carbocycles. The zero-order valence-electron chi connectivity index (χ0n) is 15.3. The van der Waals surface area contributed by atoms with Crippen LogP contribution in [0.4, 0.5) is 0 Å². The molecule has 8 heteroatoms. The van der Waals surface area contributed by atoms with Gasteiger partial charge in [0.25, 0.3) is 10.2 Å². The van der Waals surface area contributed by atoms with E-state index in [0.29, 0.717) is 31.2 Å². The van der Waals surface area contributed by atoms with E-state index in [2.05, 4.69) is 9.71 Å². The van der Waals surface area contributed by atoms with Crippen LogP contribution in [0.2, 0.25) is 0 Å². The highest BCUT2D eigenvalue weighted by Gasteiger charge is 2.30. The molecule has 1 aliphatic heterocycles. The van der Waals surface area contributed by atoms with Crippen LogP contribution < -0.4 is 4.72 Å². The fraction of sp³-hybridized carbons (Fsp3) is 0.500. The lowest BCUT2D eigenvalue weighted by Crippen LogP contribution is -2.52. The van der Waals surface area contributed by atoms with E-state index < -0.39 is 10.2 Å². The molecule has 1 N–H and O–H groups in total. The van der Waals surface area contributed by atoms with Gasteiger partial charge in [-0.1, -0.05) is 18.2 Å². The molecular formula is C18H25N3O4S. The predicted molar refractivity (Wildman–Crippen MR) is 98.9 cm³/mol. The number of oxazole rings is 1. The van der Waals surface area contributed by atoms with Gasteiger partial charge in [0.2, 0.25) is 5.89 Å². The SMILES string of the molecule is Cc1oc(-c2ccccc2)nc1CCNS(=O)(=O)N1CC(C)OC(C)C1. The predicted octanol–water partition coefficient (Wildman–Crippen LogP) is 2.14.